The number of carbonyl (C=O) groups excluding carboxylic acids is 10. The lowest BCUT2D eigenvalue weighted by molar-refractivity contribution is -0.127. The van der Waals surface area contributed by atoms with Crippen molar-refractivity contribution >= 4 is 75.6 Å². The lowest BCUT2D eigenvalue weighted by atomic mass is 9.68. The fraction of sp³-hybridized carbons (Fsp3) is 0.429. The smallest absolute Gasteiger partial charge is 0.294 e. The van der Waals surface area contributed by atoms with Crippen LogP contribution < -0.4 is 31.9 Å². The van der Waals surface area contributed by atoms with Crippen molar-refractivity contribution in [3.8, 4) is 0 Å². The second-order valence-electron chi connectivity index (χ2n) is 26.5. The summed E-state index contributed by atoms with van der Waals surface area (Å²) in [5.41, 5.74) is 2.73. The van der Waals surface area contributed by atoms with Crippen LogP contribution in [0.15, 0.2) is 72.8 Å². The molecule has 0 spiro atoms. The number of anilines is 3. The number of rotatable bonds is 16. The number of nitrogens with zero attached hydrogens (tertiary/aromatic N) is 3. The summed E-state index contributed by atoms with van der Waals surface area (Å²) in [5.74, 6) is -7.02. The van der Waals surface area contributed by atoms with E-state index in [9.17, 15) is 65.5 Å². The molecule has 5 aliphatic rings. The van der Waals surface area contributed by atoms with E-state index in [1.165, 1.54) is 94.4 Å². The molecule has 6 aromatic rings. The fourth-order valence-electron chi connectivity index (χ4n) is 12.9. The number of fused-ring (bicyclic) bond motifs is 3. The van der Waals surface area contributed by atoms with Crippen LogP contribution in [0.1, 0.15) is 208 Å². The lowest BCUT2D eigenvalue weighted by Gasteiger charge is -2.48. The second-order valence-corrected chi connectivity index (χ2v) is 26.5. The first kappa shape index (κ1) is 68.1. The van der Waals surface area contributed by atoms with Crippen molar-refractivity contribution < 1.29 is 65.5 Å². The molecule has 2 aliphatic carbocycles. The molecule has 11 rings (SSSR count). The zero-order valence-electron chi connectivity index (χ0n) is 53.9. The van der Waals surface area contributed by atoms with Crippen LogP contribution in [0.4, 0.5) is 34.6 Å². The first-order chi connectivity index (χ1) is 43.8. The molecule has 0 bridgehead atoms. The molecule has 2 fully saturated rings. The number of amides is 6. The second kappa shape index (κ2) is 27.1. The molecule has 19 nitrogen and oxygen atoms in total. The van der Waals surface area contributed by atoms with Gasteiger partial charge in [-0.25, -0.2) is 17.6 Å². The van der Waals surface area contributed by atoms with Gasteiger partial charge in [0.1, 0.15) is 23.1 Å². The van der Waals surface area contributed by atoms with Gasteiger partial charge >= 0.3 is 0 Å². The van der Waals surface area contributed by atoms with Crippen LogP contribution in [0.25, 0.3) is 0 Å². The van der Waals surface area contributed by atoms with E-state index in [1.807, 2.05) is 6.92 Å². The van der Waals surface area contributed by atoms with Crippen molar-refractivity contribution in [2.45, 2.75) is 194 Å². The zero-order chi connectivity index (χ0) is 67.6. The van der Waals surface area contributed by atoms with Crippen LogP contribution in [0.5, 0.6) is 0 Å². The van der Waals surface area contributed by atoms with Crippen molar-refractivity contribution in [3.05, 3.63) is 158 Å². The van der Waals surface area contributed by atoms with Gasteiger partial charge in [-0.2, -0.15) is 0 Å². The van der Waals surface area contributed by atoms with Gasteiger partial charge in [0.15, 0.2) is 5.78 Å². The predicted molar refractivity (Wildman–Crippen MR) is 341 cm³/mol. The molecule has 3 aromatic carbocycles. The van der Waals surface area contributed by atoms with E-state index in [-0.39, 0.29) is 64.6 Å². The molecule has 3 aromatic heterocycles. The Hall–Kier alpha value is -9.28. The van der Waals surface area contributed by atoms with Gasteiger partial charge in [-0.3, -0.25) is 47.9 Å². The highest BCUT2D eigenvalue weighted by molar-refractivity contribution is 6.44. The van der Waals surface area contributed by atoms with Gasteiger partial charge in [0, 0.05) is 77.7 Å². The number of hydrogen-bond acceptors (Lipinski definition) is 10. The number of aromatic nitrogens is 3. The Labute approximate surface area is 536 Å². The van der Waals surface area contributed by atoms with Gasteiger partial charge in [-0.05, 0) is 229 Å². The van der Waals surface area contributed by atoms with Crippen LogP contribution in [0, 0.1) is 38.2 Å². The number of aryl methyl sites for hydroxylation is 3. The van der Waals surface area contributed by atoms with Crippen LogP contribution in [-0.2, 0) is 58.1 Å². The average molecular weight is 1280 g/mol. The van der Waals surface area contributed by atoms with Crippen molar-refractivity contribution in [2.24, 2.45) is 0 Å². The summed E-state index contributed by atoms with van der Waals surface area (Å²) < 4.78 is 59.7. The predicted octanol–water partition coefficient (Wildman–Crippen LogP) is 11.1. The molecule has 0 saturated heterocycles. The minimum Gasteiger partial charge on any atom is -0.344 e. The number of alkyl halides is 1. The maximum atomic E-state index is 13.9. The lowest BCUT2D eigenvalue weighted by Crippen LogP contribution is -2.61. The zero-order valence-corrected chi connectivity index (χ0v) is 53.9. The van der Waals surface area contributed by atoms with Crippen LogP contribution >= 0.6 is 0 Å². The highest BCUT2D eigenvalue weighted by Crippen LogP contribution is 2.44. The third kappa shape index (κ3) is 15.3. The van der Waals surface area contributed by atoms with Gasteiger partial charge in [-0.1, -0.05) is 0 Å². The van der Waals surface area contributed by atoms with Crippen LogP contribution in [0.2, 0.25) is 0 Å². The number of benzene rings is 3. The molecule has 6 heterocycles. The van der Waals surface area contributed by atoms with Gasteiger partial charge in [0.25, 0.3) is 52.8 Å². The quantitative estimate of drug-likeness (QED) is 0.0303. The Morgan fingerprint density at radius 3 is 1.06 bits per heavy atom. The maximum Gasteiger partial charge on any atom is 0.294 e. The molecule has 3 aliphatic heterocycles. The van der Waals surface area contributed by atoms with Crippen molar-refractivity contribution in [1.82, 2.24) is 29.7 Å². The monoisotopic (exact) mass is 1280 g/mol. The number of ketones is 4. The highest BCUT2D eigenvalue weighted by atomic mass is 19.1. The van der Waals surface area contributed by atoms with E-state index in [0.717, 1.165) is 63.5 Å². The minimum atomic E-state index is -1.34. The summed E-state index contributed by atoms with van der Waals surface area (Å²) in [5, 5.41) is 16.2. The van der Waals surface area contributed by atoms with Gasteiger partial charge in [0.05, 0.1) is 39.3 Å². The Morgan fingerprint density at radius 1 is 0.452 bits per heavy atom. The molecular formula is C70H79F4N9O10. The number of carbonyl (C=O) groups is 10. The topological polar surface area (TPSA) is 258 Å². The van der Waals surface area contributed by atoms with E-state index in [1.54, 1.807) is 47.5 Å². The van der Waals surface area contributed by atoms with E-state index < -0.39 is 63.6 Å². The van der Waals surface area contributed by atoms with Crippen molar-refractivity contribution in [2.75, 3.05) is 16.0 Å². The Kier molecular flexibility index (Phi) is 19.9. The average Bonchev–Trinajstić information content (AvgIpc) is 1.74. The molecule has 93 heavy (non-hydrogen) atoms. The van der Waals surface area contributed by atoms with E-state index >= 15 is 0 Å². The first-order valence-corrected chi connectivity index (χ1v) is 31.5. The summed E-state index contributed by atoms with van der Waals surface area (Å²) in [7, 11) is 0. The van der Waals surface area contributed by atoms with E-state index in [0.29, 0.717) is 101 Å². The fourth-order valence-corrected chi connectivity index (χ4v) is 12.9. The summed E-state index contributed by atoms with van der Waals surface area (Å²) in [6.07, 6.45) is 10.1. The molecule has 0 unspecified atom stereocenters. The molecule has 6 N–H and O–H groups in total. The summed E-state index contributed by atoms with van der Waals surface area (Å²) in [6.45, 7) is 16.0. The minimum absolute atomic E-state index is 0.118. The molecule has 23 heteroatoms. The number of Topliss-reactive ketones (excluding diaryl/α,β-unsaturated/α-hetero) is 4. The molecule has 6 amide bonds. The summed E-state index contributed by atoms with van der Waals surface area (Å²) in [4.78, 5) is 127. The number of nitrogens with one attached hydrogen (secondary N) is 6. The van der Waals surface area contributed by atoms with Crippen LogP contribution in [0.3, 0.4) is 0 Å². The van der Waals surface area contributed by atoms with Gasteiger partial charge < -0.3 is 45.6 Å². The molecule has 0 radical (unpaired) electrons. The van der Waals surface area contributed by atoms with E-state index in [2.05, 4.69) is 31.9 Å². The number of halogens is 4. The van der Waals surface area contributed by atoms with Crippen molar-refractivity contribution in [3.63, 3.8) is 0 Å². The molecule has 492 valence electrons. The van der Waals surface area contributed by atoms with E-state index in [4.69, 9.17) is 0 Å². The third-order valence-electron chi connectivity index (χ3n) is 18.2. The molecule has 2 saturated carbocycles. The Bertz CT molecular complexity index is 4050. The SMILES string of the molecule is CC(=O)C(C)(C)NC(=O)C(=O)c1cc(C(=O)Nc2ccc(F)c(C)c2)c2n1CCCC2.Cc1cc(NC(=O)c2cc(C(=O)C(=O)NC3(C)CC(C)(F)C3)n3c2CCCC3)ccc1F.Cc1cc(NC(=O)c2cc(C(=O)C(=O)NC3(C)CCC3)n3c2CCCC3)ccc1F. The maximum absolute atomic E-state index is 13.9. The van der Waals surface area contributed by atoms with Crippen LogP contribution in [-0.4, -0.2) is 94.6 Å². The molecular weight excluding hydrogens is 1200 g/mol. The standard InChI is InChI=1S/C24H27F2N3O3.C23H26FN3O4.C23H26FN3O3/c1-14-10-15(7-8-17(14)25)27-21(31)16-11-19(29-9-5-4-6-18(16)29)20(30)22(32)28-24(3)12-23(2,26)13-24;1-13-11-15(8-9-17(13)24)25-21(30)16-12-19(27-10-6-5-7-18(16)27)20(29)22(31)26-23(3,4)14(2)28;1-14-12-15(7-8-17(14)24)25-21(29)16-13-19(27-11-4-3-6-18(16)27)20(28)22(30)26-23(2)9-5-10-23/h7-8,10-11H,4-6,9,12-13H2,1-3H3,(H,27,31)(H,28,32);8-9,11-12H,5-7,10H2,1-4H3,(H,25,30)(H,26,31);7-8,12-13H,3-6,9-11H2,1-2H3,(H,25,29)(H,26,30). The highest BCUT2D eigenvalue weighted by Gasteiger charge is 2.51. The van der Waals surface area contributed by atoms with Gasteiger partial charge in [-0.15, -0.1) is 0 Å². The summed E-state index contributed by atoms with van der Waals surface area (Å²) >= 11 is 0. The number of hydrogen-bond donors (Lipinski definition) is 6. The third-order valence-corrected chi connectivity index (χ3v) is 18.2. The summed E-state index contributed by atoms with van der Waals surface area (Å²) in [6, 6.07) is 17.3. The Balaban J connectivity index is 0.000000165. The Morgan fingerprint density at radius 2 is 0.774 bits per heavy atom. The first-order valence-electron chi connectivity index (χ1n) is 31.5. The van der Waals surface area contributed by atoms with Crippen molar-refractivity contribution in [1.29, 1.82) is 0 Å². The van der Waals surface area contributed by atoms with Gasteiger partial charge in [0.2, 0.25) is 0 Å². The largest absolute Gasteiger partial charge is 0.344 e. The molecule has 0 atom stereocenters. The normalized spacial score (nSPS) is 18.2.